The van der Waals surface area contributed by atoms with Gasteiger partial charge in [-0.05, 0) is 12.8 Å². The van der Waals surface area contributed by atoms with E-state index in [1.165, 1.54) is 0 Å². The molecule has 10 heavy (non-hydrogen) atoms. The van der Waals surface area contributed by atoms with Crippen LogP contribution in [-0.2, 0) is 9.84 Å². The molecule has 0 spiro atoms. The molecule has 3 nitrogen and oxygen atoms in total. The van der Waals surface area contributed by atoms with Crippen LogP contribution in [0.4, 0.5) is 4.79 Å². The number of carbonyl (C=O) groups excluding carboxylic acids is 1. The van der Waals surface area contributed by atoms with Gasteiger partial charge in [0.05, 0.1) is 6.61 Å². The van der Waals surface area contributed by atoms with Crippen LogP contribution in [0.15, 0.2) is 12.2 Å². The van der Waals surface area contributed by atoms with Crippen LogP contribution >= 0.6 is 0 Å². The van der Waals surface area contributed by atoms with E-state index in [9.17, 15) is 9.90 Å². The summed E-state index contributed by atoms with van der Waals surface area (Å²) in [5.74, 6) is 0. The summed E-state index contributed by atoms with van der Waals surface area (Å²) in [6.45, 7) is 2.20. The van der Waals surface area contributed by atoms with Crippen LogP contribution in [0.3, 0.4) is 0 Å². The molecule has 0 rings (SSSR count). The quantitative estimate of drug-likeness (QED) is 0.343. The Bertz CT molecular complexity index is 118. The van der Waals surface area contributed by atoms with Gasteiger partial charge in [0, 0.05) is 0 Å². The molecule has 0 aliphatic heterocycles. The zero-order valence-electron chi connectivity index (χ0n) is 6.00. The molecule has 0 aliphatic carbocycles. The highest BCUT2D eigenvalue weighted by molar-refractivity contribution is 5.56. The SMILES string of the molecule is CCC=CCCOC([O])=O. The van der Waals surface area contributed by atoms with Crippen LogP contribution in [0.1, 0.15) is 19.8 Å². The van der Waals surface area contributed by atoms with E-state index >= 15 is 0 Å². The molecule has 0 bridgehead atoms. The van der Waals surface area contributed by atoms with Crippen molar-refractivity contribution in [3.05, 3.63) is 12.2 Å². The maximum Gasteiger partial charge on any atom is 0.550 e. The van der Waals surface area contributed by atoms with Crippen LogP contribution in [0.2, 0.25) is 0 Å². The van der Waals surface area contributed by atoms with Crippen LogP contribution in [0, 0.1) is 0 Å². The Labute approximate surface area is 60.3 Å². The van der Waals surface area contributed by atoms with Crippen molar-refractivity contribution in [3.8, 4) is 0 Å². The van der Waals surface area contributed by atoms with Crippen LogP contribution in [0.5, 0.6) is 0 Å². The molecule has 0 aromatic rings. The van der Waals surface area contributed by atoms with Crippen LogP contribution in [-0.4, -0.2) is 12.8 Å². The molecule has 57 valence electrons. The topological polar surface area (TPSA) is 46.2 Å². The average Bonchev–Trinajstić information content (AvgIpc) is 1.87. The van der Waals surface area contributed by atoms with Crippen molar-refractivity contribution in [2.45, 2.75) is 19.8 Å². The minimum atomic E-state index is -1.45. The maximum absolute atomic E-state index is 9.67. The fourth-order valence-corrected chi connectivity index (χ4v) is 0.495. The predicted molar refractivity (Wildman–Crippen MR) is 36.1 cm³/mol. The molecule has 0 aromatic heterocycles. The van der Waals surface area contributed by atoms with E-state index in [1.807, 2.05) is 19.1 Å². The van der Waals surface area contributed by atoms with Gasteiger partial charge in [-0.1, -0.05) is 19.1 Å². The summed E-state index contributed by atoms with van der Waals surface area (Å²) in [4.78, 5) is 9.67. The van der Waals surface area contributed by atoms with E-state index in [-0.39, 0.29) is 6.61 Å². The molecule has 0 unspecified atom stereocenters. The molecule has 0 fully saturated rings. The van der Waals surface area contributed by atoms with Gasteiger partial charge in [-0.25, -0.2) is 0 Å². The summed E-state index contributed by atoms with van der Waals surface area (Å²) in [6.07, 6.45) is 3.97. The Morgan fingerprint density at radius 3 is 2.70 bits per heavy atom. The predicted octanol–water partition coefficient (Wildman–Crippen LogP) is 1.91. The lowest BCUT2D eigenvalue weighted by molar-refractivity contribution is 0.0692. The Kier molecular flexibility index (Phi) is 5.53. The van der Waals surface area contributed by atoms with E-state index in [2.05, 4.69) is 4.74 Å². The number of rotatable bonds is 4. The highest BCUT2D eigenvalue weighted by Crippen LogP contribution is 1.87. The van der Waals surface area contributed by atoms with Gasteiger partial charge in [0.25, 0.3) is 0 Å². The molecular weight excluding hydrogens is 132 g/mol. The van der Waals surface area contributed by atoms with Gasteiger partial charge in [-0.3, -0.25) is 0 Å². The van der Waals surface area contributed by atoms with Gasteiger partial charge in [0.15, 0.2) is 0 Å². The molecule has 0 atom stereocenters. The first-order valence-corrected chi connectivity index (χ1v) is 3.26. The molecule has 0 amide bonds. The third kappa shape index (κ3) is 7.01. The number of allylic oxidation sites excluding steroid dienone is 1. The minimum Gasteiger partial charge on any atom is -0.431 e. The lowest BCUT2D eigenvalue weighted by Gasteiger charge is -1.91. The number of carbonyl (C=O) groups is 1. The fourth-order valence-electron chi connectivity index (χ4n) is 0.495. The third-order valence-corrected chi connectivity index (χ3v) is 0.907. The minimum absolute atomic E-state index is 0.193. The average molecular weight is 143 g/mol. The van der Waals surface area contributed by atoms with Crippen molar-refractivity contribution in [1.29, 1.82) is 0 Å². The molecule has 1 radical (unpaired) electrons. The maximum atomic E-state index is 9.67. The second-order valence-electron chi connectivity index (χ2n) is 1.77. The van der Waals surface area contributed by atoms with E-state index in [4.69, 9.17) is 0 Å². The Balaban J connectivity index is 3.05. The smallest absolute Gasteiger partial charge is 0.431 e. The van der Waals surface area contributed by atoms with Crippen molar-refractivity contribution >= 4 is 6.16 Å². The standard InChI is InChI=1S/C7H11O3/c1-2-3-4-5-6-10-7(8)9/h3-4H,2,5-6H2,1H3. The monoisotopic (exact) mass is 143 g/mol. The molecular formula is C7H11O3. The molecule has 0 saturated heterocycles. The summed E-state index contributed by atoms with van der Waals surface area (Å²) in [5.41, 5.74) is 0. The lowest BCUT2D eigenvalue weighted by Crippen LogP contribution is -1.98. The number of hydrogen-bond acceptors (Lipinski definition) is 2. The zero-order valence-corrected chi connectivity index (χ0v) is 6.00. The fraction of sp³-hybridized carbons (Fsp3) is 0.571. The largest absolute Gasteiger partial charge is 0.550 e. The Morgan fingerprint density at radius 1 is 1.50 bits per heavy atom. The highest BCUT2D eigenvalue weighted by atomic mass is 16.7. The van der Waals surface area contributed by atoms with E-state index in [0.29, 0.717) is 6.42 Å². The Morgan fingerprint density at radius 2 is 2.20 bits per heavy atom. The van der Waals surface area contributed by atoms with Crippen LogP contribution < -0.4 is 0 Å². The lowest BCUT2D eigenvalue weighted by atomic mass is 10.3. The number of ether oxygens (including phenoxy) is 1. The second kappa shape index (κ2) is 6.13. The van der Waals surface area contributed by atoms with Gasteiger partial charge < -0.3 is 4.74 Å². The van der Waals surface area contributed by atoms with Crippen molar-refractivity contribution < 1.29 is 14.6 Å². The summed E-state index contributed by atoms with van der Waals surface area (Å²) in [7, 11) is 0. The van der Waals surface area contributed by atoms with Crippen LogP contribution in [0.25, 0.3) is 0 Å². The van der Waals surface area contributed by atoms with Crippen molar-refractivity contribution in [3.63, 3.8) is 0 Å². The van der Waals surface area contributed by atoms with E-state index in [1.54, 1.807) is 0 Å². The molecule has 0 N–H and O–H groups in total. The Hall–Kier alpha value is -0.990. The van der Waals surface area contributed by atoms with Gasteiger partial charge in [0.2, 0.25) is 0 Å². The summed E-state index contributed by atoms with van der Waals surface area (Å²) >= 11 is 0. The first-order valence-electron chi connectivity index (χ1n) is 3.26. The number of hydrogen-bond donors (Lipinski definition) is 0. The van der Waals surface area contributed by atoms with E-state index < -0.39 is 6.16 Å². The second-order valence-corrected chi connectivity index (χ2v) is 1.77. The summed E-state index contributed by atoms with van der Waals surface area (Å²) < 4.78 is 4.14. The molecule has 0 heterocycles. The highest BCUT2D eigenvalue weighted by Gasteiger charge is 1.94. The van der Waals surface area contributed by atoms with Gasteiger partial charge in [-0.15, -0.1) is 0 Å². The first-order chi connectivity index (χ1) is 4.77. The van der Waals surface area contributed by atoms with Crippen molar-refractivity contribution in [2.75, 3.05) is 6.61 Å². The molecule has 0 aliphatic rings. The van der Waals surface area contributed by atoms with Crippen molar-refractivity contribution in [2.24, 2.45) is 0 Å². The third-order valence-electron chi connectivity index (χ3n) is 0.907. The first kappa shape index (κ1) is 9.01. The molecule has 0 aromatic carbocycles. The van der Waals surface area contributed by atoms with Crippen molar-refractivity contribution in [1.82, 2.24) is 0 Å². The zero-order chi connectivity index (χ0) is 7.82. The van der Waals surface area contributed by atoms with Gasteiger partial charge in [-0.2, -0.15) is 9.90 Å². The van der Waals surface area contributed by atoms with Gasteiger partial charge >= 0.3 is 6.16 Å². The van der Waals surface area contributed by atoms with E-state index in [0.717, 1.165) is 6.42 Å². The molecule has 3 heteroatoms. The summed E-state index contributed by atoms with van der Waals surface area (Å²) in [6, 6.07) is 0. The van der Waals surface area contributed by atoms with Gasteiger partial charge in [0.1, 0.15) is 0 Å². The normalized spacial score (nSPS) is 10.1. The summed E-state index contributed by atoms with van der Waals surface area (Å²) in [5, 5.41) is 9.67. The molecule has 0 saturated carbocycles.